The lowest BCUT2D eigenvalue weighted by molar-refractivity contribution is 0.190. The van der Waals surface area contributed by atoms with Crippen LogP contribution in [0.4, 0.5) is 0 Å². The van der Waals surface area contributed by atoms with Crippen LogP contribution in [0.25, 0.3) is 12.2 Å². The van der Waals surface area contributed by atoms with Crippen molar-refractivity contribution in [2.75, 3.05) is 26.7 Å². The van der Waals surface area contributed by atoms with Crippen molar-refractivity contribution in [1.29, 1.82) is 0 Å². The van der Waals surface area contributed by atoms with Gasteiger partial charge in [0.25, 0.3) is 5.89 Å². The molecule has 0 spiro atoms. The second kappa shape index (κ2) is 7.31. The predicted octanol–water partition coefficient (Wildman–Crippen LogP) is 1.63. The van der Waals surface area contributed by atoms with Crippen LogP contribution in [0.15, 0.2) is 29.0 Å². The standard InChI is InChI=1S/C14H17N5O.ClH/c1-19-8-7-16-10-12(19)14-17-13(20-18-14)5-4-11-3-2-6-15-9-11;/h2-6,9,12,16H,7-8,10H2,1H3;1H/b5-4+;. The van der Waals surface area contributed by atoms with Gasteiger partial charge in [-0.15, -0.1) is 12.4 Å². The molecule has 6 nitrogen and oxygen atoms in total. The van der Waals surface area contributed by atoms with Crippen molar-refractivity contribution in [2.45, 2.75) is 6.04 Å². The summed E-state index contributed by atoms with van der Waals surface area (Å²) in [6, 6.07) is 4.04. The Bertz CT molecular complexity index is 586. The van der Waals surface area contributed by atoms with Crippen molar-refractivity contribution in [1.82, 2.24) is 25.3 Å². The van der Waals surface area contributed by atoms with Gasteiger partial charge in [0.05, 0.1) is 6.04 Å². The highest BCUT2D eigenvalue weighted by atomic mass is 35.5. The molecule has 0 saturated carbocycles. The van der Waals surface area contributed by atoms with E-state index in [9.17, 15) is 0 Å². The fourth-order valence-corrected chi connectivity index (χ4v) is 2.19. The summed E-state index contributed by atoms with van der Waals surface area (Å²) >= 11 is 0. The zero-order valence-corrected chi connectivity index (χ0v) is 12.6. The fourth-order valence-electron chi connectivity index (χ4n) is 2.19. The second-order valence-electron chi connectivity index (χ2n) is 4.81. The second-order valence-corrected chi connectivity index (χ2v) is 4.81. The van der Waals surface area contributed by atoms with E-state index < -0.39 is 0 Å². The van der Waals surface area contributed by atoms with Gasteiger partial charge in [-0.3, -0.25) is 9.88 Å². The van der Waals surface area contributed by atoms with Crippen LogP contribution in [0.3, 0.4) is 0 Å². The van der Waals surface area contributed by atoms with E-state index in [1.807, 2.05) is 24.3 Å². The van der Waals surface area contributed by atoms with Crippen molar-refractivity contribution >= 4 is 24.6 Å². The zero-order valence-electron chi connectivity index (χ0n) is 11.8. The molecule has 0 amide bonds. The number of nitrogens with one attached hydrogen (secondary N) is 1. The number of nitrogens with zero attached hydrogens (tertiary/aromatic N) is 4. The normalized spacial score (nSPS) is 19.6. The van der Waals surface area contributed by atoms with Crippen molar-refractivity contribution < 1.29 is 4.52 Å². The molecule has 1 unspecified atom stereocenters. The molecule has 3 heterocycles. The summed E-state index contributed by atoms with van der Waals surface area (Å²) in [6.07, 6.45) is 7.25. The highest BCUT2D eigenvalue weighted by Gasteiger charge is 2.24. The summed E-state index contributed by atoms with van der Waals surface area (Å²) < 4.78 is 5.27. The first-order chi connectivity index (χ1) is 9.83. The molecule has 1 N–H and O–H groups in total. The van der Waals surface area contributed by atoms with Crippen LogP contribution in [-0.2, 0) is 0 Å². The number of likely N-dealkylation sites (N-methyl/N-ethyl adjacent to an activating group) is 1. The minimum absolute atomic E-state index is 0. The SMILES string of the molecule is CN1CCNCC1c1noc(/C=C/c2cccnc2)n1.Cl. The monoisotopic (exact) mass is 307 g/mol. The van der Waals surface area contributed by atoms with E-state index >= 15 is 0 Å². The Morgan fingerprint density at radius 1 is 1.43 bits per heavy atom. The van der Waals surface area contributed by atoms with Crippen LogP contribution in [-0.4, -0.2) is 46.7 Å². The minimum atomic E-state index is 0. The van der Waals surface area contributed by atoms with Crippen LogP contribution in [0.2, 0.25) is 0 Å². The molecule has 112 valence electrons. The number of pyridine rings is 1. The van der Waals surface area contributed by atoms with Gasteiger partial charge in [-0.2, -0.15) is 4.98 Å². The summed E-state index contributed by atoms with van der Waals surface area (Å²) in [6.45, 7) is 2.83. The van der Waals surface area contributed by atoms with Gasteiger partial charge in [0.15, 0.2) is 5.82 Å². The first-order valence-corrected chi connectivity index (χ1v) is 6.65. The molecule has 1 saturated heterocycles. The van der Waals surface area contributed by atoms with Gasteiger partial charge in [0.1, 0.15) is 0 Å². The van der Waals surface area contributed by atoms with Gasteiger partial charge in [0.2, 0.25) is 0 Å². The Balaban J connectivity index is 0.00000161. The molecule has 1 aliphatic heterocycles. The molecule has 0 aromatic carbocycles. The molecule has 7 heteroatoms. The zero-order chi connectivity index (χ0) is 13.8. The van der Waals surface area contributed by atoms with Gasteiger partial charge in [-0.05, 0) is 24.8 Å². The number of hydrogen-bond donors (Lipinski definition) is 1. The average Bonchev–Trinajstić information content (AvgIpc) is 2.95. The van der Waals surface area contributed by atoms with E-state index in [1.54, 1.807) is 12.4 Å². The van der Waals surface area contributed by atoms with E-state index in [4.69, 9.17) is 4.52 Å². The van der Waals surface area contributed by atoms with Crippen LogP contribution in [0.1, 0.15) is 23.3 Å². The van der Waals surface area contributed by atoms with Crippen molar-refractivity contribution in [3.05, 3.63) is 41.8 Å². The van der Waals surface area contributed by atoms with E-state index in [0.29, 0.717) is 5.89 Å². The van der Waals surface area contributed by atoms with E-state index in [-0.39, 0.29) is 18.4 Å². The van der Waals surface area contributed by atoms with Gasteiger partial charge in [0, 0.05) is 38.1 Å². The van der Waals surface area contributed by atoms with Crippen molar-refractivity contribution in [3.63, 3.8) is 0 Å². The third-order valence-electron chi connectivity index (χ3n) is 3.37. The summed E-state index contributed by atoms with van der Waals surface area (Å²) in [7, 11) is 2.08. The predicted molar refractivity (Wildman–Crippen MR) is 83.0 cm³/mol. The Labute approximate surface area is 129 Å². The van der Waals surface area contributed by atoms with Crippen molar-refractivity contribution in [3.8, 4) is 0 Å². The van der Waals surface area contributed by atoms with Gasteiger partial charge < -0.3 is 9.84 Å². The number of hydrogen-bond acceptors (Lipinski definition) is 6. The topological polar surface area (TPSA) is 67.1 Å². The van der Waals surface area contributed by atoms with E-state index in [2.05, 4.69) is 32.4 Å². The molecule has 0 bridgehead atoms. The Morgan fingerprint density at radius 2 is 2.33 bits per heavy atom. The molecule has 2 aromatic heterocycles. The molecule has 2 aromatic rings. The van der Waals surface area contributed by atoms with Crippen molar-refractivity contribution in [2.24, 2.45) is 0 Å². The molecule has 1 atom stereocenters. The molecule has 1 fully saturated rings. The largest absolute Gasteiger partial charge is 0.335 e. The van der Waals surface area contributed by atoms with E-state index in [1.165, 1.54) is 0 Å². The van der Waals surface area contributed by atoms with Gasteiger partial charge in [-0.25, -0.2) is 0 Å². The Morgan fingerprint density at radius 3 is 3.10 bits per heavy atom. The summed E-state index contributed by atoms with van der Waals surface area (Å²) in [5.74, 6) is 1.24. The third kappa shape index (κ3) is 3.87. The maximum atomic E-state index is 5.27. The maximum Gasteiger partial charge on any atom is 0.250 e. The Hall–Kier alpha value is -1.76. The quantitative estimate of drug-likeness (QED) is 0.929. The third-order valence-corrected chi connectivity index (χ3v) is 3.37. The lowest BCUT2D eigenvalue weighted by Crippen LogP contribution is -2.44. The molecular formula is C14H18ClN5O. The molecule has 3 rings (SSSR count). The number of halogens is 1. The van der Waals surface area contributed by atoms with Gasteiger partial charge in [-0.1, -0.05) is 11.2 Å². The first-order valence-electron chi connectivity index (χ1n) is 6.65. The highest BCUT2D eigenvalue weighted by Crippen LogP contribution is 2.18. The summed E-state index contributed by atoms with van der Waals surface area (Å²) in [5, 5.41) is 7.41. The van der Waals surface area contributed by atoms with Crippen LogP contribution in [0.5, 0.6) is 0 Å². The molecule has 21 heavy (non-hydrogen) atoms. The average molecular weight is 308 g/mol. The smallest absolute Gasteiger partial charge is 0.250 e. The highest BCUT2D eigenvalue weighted by molar-refractivity contribution is 5.85. The van der Waals surface area contributed by atoms with E-state index in [0.717, 1.165) is 31.0 Å². The maximum absolute atomic E-state index is 5.27. The minimum Gasteiger partial charge on any atom is -0.335 e. The lowest BCUT2D eigenvalue weighted by atomic mass is 10.2. The number of rotatable bonds is 3. The molecule has 0 radical (unpaired) electrons. The van der Waals surface area contributed by atoms with Crippen LogP contribution >= 0.6 is 12.4 Å². The Kier molecular flexibility index (Phi) is 5.44. The first kappa shape index (κ1) is 15.6. The van der Waals surface area contributed by atoms with Gasteiger partial charge >= 0.3 is 0 Å². The lowest BCUT2D eigenvalue weighted by Gasteiger charge is -2.30. The fraction of sp³-hybridized carbons (Fsp3) is 0.357. The number of piperazine rings is 1. The van der Waals surface area contributed by atoms with Crippen LogP contribution in [0, 0.1) is 0 Å². The summed E-state index contributed by atoms with van der Waals surface area (Å²) in [4.78, 5) is 10.7. The van der Waals surface area contributed by atoms with Crippen LogP contribution < -0.4 is 5.32 Å². The molecule has 1 aliphatic rings. The molecular weight excluding hydrogens is 290 g/mol. The molecule has 0 aliphatic carbocycles. The summed E-state index contributed by atoms with van der Waals surface area (Å²) in [5.41, 5.74) is 1.00. The number of aromatic nitrogens is 3.